The minimum atomic E-state index is -4.86. The van der Waals surface area contributed by atoms with E-state index in [1.165, 1.54) is 0 Å². The number of hydrogen-bond acceptors (Lipinski definition) is 5. The Hall–Kier alpha value is -3.07. The molecule has 15 heteroatoms. The third-order valence-electron chi connectivity index (χ3n) is 5.12. The first-order valence-electron chi connectivity index (χ1n) is 10.1. The summed E-state index contributed by atoms with van der Waals surface area (Å²) in [6, 6.07) is 5.29. The molecule has 7 nitrogen and oxygen atoms in total. The predicted molar refractivity (Wildman–Crippen MR) is 115 cm³/mol. The van der Waals surface area contributed by atoms with Gasteiger partial charge in [0.05, 0.1) is 17.1 Å². The average Bonchev–Trinajstić information content (AvgIpc) is 2.76. The molecule has 0 fully saturated rings. The summed E-state index contributed by atoms with van der Waals surface area (Å²) in [5, 5.41) is 2.09. The van der Waals surface area contributed by atoms with E-state index in [9.17, 15) is 39.7 Å². The standard InChI is InChI=1S/C21H20F7N3O4S/c1-19(2,21(26,27)28)35-18(32)30-12-5-8-15-14(9-12)31(10-16(34-15)17(29)20(23,24)25)36(33)13-6-3-11(22)4-7-13/h3-9,16-17H,10,29H2,1-2H3,(H,30,32). The summed E-state index contributed by atoms with van der Waals surface area (Å²) in [5.74, 6) is -0.821. The Labute approximate surface area is 202 Å². The van der Waals surface area contributed by atoms with Gasteiger partial charge in [-0.3, -0.25) is 9.62 Å². The van der Waals surface area contributed by atoms with Gasteiger partial charge in [-0.05, 0) is 56.3 Å². The van der Waals surface area contributed by atoms with Crippen LogP contribution in [0, 0.1) is 5.82 Å². The second kappa shape index (κ2) is 9.76. The van der Waals surface area contributed by atoms with Crippen LogP contribution in [0.25, 0.3) is 0 Å². The van der Waals surface area contributed by atoms with Crippen molar-refractivity contribution in [1.29, 1.82) is 0 Å². The van der Waals surface area contributed by atoms with E-state index in [0.717, 1.165) is 46.8 Å². The van der Waals surface area contributed by atoms with E-state index in [4.69, 9.17) is 10.5 Å². The Kier molecular flexibility index (Phi) is 7.46. The number of anilines is 2. The zero-order valence-electron chi connectivity index (χ0n) is 18.6. The fraction of sp³-hybridized carbons (Fsp3) is 0.381. The van der Waals surface area contributed by atoms with Crippen LogP contribution in [0.2, 0.25) is 0 Å². The molecule has 1 amide bonds. The lowest BCUT2D eigenvalue weighted by atomic mass is 10.1. The molecule has 0 bridgehead atoms. The number of carbonyl (C=O) groups excluding carboxylic acids is 1. The van der Waals surface area contributed by atoms with Gasteiger partial charge in [0.15, 0.2) is 11.0 Å². The van der Waals surface area contributed by atoms with Crippen LogP contribution in [-0.2, 0) is 15.7 Å². The largest absolute Gasteiger partial charge is 0.484 e. The van der Waals surface area contributed by atoms with Crippen LogP contribution in [0.3, 0.4) is 0 Å². The van der Waals surface area contributed by atoms with Gasteiger partial charge in [0, 0.05) is 5.69 Å². The highest BCUT2D eigenvalue weighted by molar-refractivity contribution is 7.86. The van der Waals surface area contributed by atoms with Crippen molar-refractivity contribution in [2.75, 3.05) is 16.2 Å². The van der Waals surface area contributed by atoms with Gasteiger partial charge in [0.25, 0.3) is 0 Å². The normalized spacial score (nSPS) is 18.1. The summed E-state index contributed by atoms with van der Waals surface area (Å²) in [6.07, 6.45) is -12.8. The van der Waals surface area contributed by atoms with Gasteiger partial charge in [0.1, 0.15) is 23.7 Å². The topological polar surface area (TPSA) is 93.9 Å². The van der Waals surface area contributed by atoms with Crippen molar-refractivity contribution in [3.63, 3.8) is 0 Å². The maximum atomic E-state index is 13.3. The van der Waals surface area contributed by atoms with Crippen molar-refractivity contribution in [2.24, 2.45) is 5.73 Å². The number of nitrogens with two attached hydrogens (primary N) is 1. The van der Waals surface area contributed by atoms with Crippen molar-refractivity contribution in [2.45, 2.75) is 48.8 Å². The molecule has 0 saturated carbocycles. The van der Waals surface area contributed by atoms with E-state index in [1.54, 1.807) is 0 Å². The lowest BCUT2D eigenvalue weighted by Crippen LogP contribution is -2.56. The van der Waals surface area contributed by atoms with Crippen LogP contribution in [0.15, 0.2) is 47.4 Å². The Balaban J connectivity index is 1.94. The summed E-state index contributed by atoms with van der Waals surface area (Å²) in [5.41, 5.74) is 2.30. The van der Waals surface area contributed by atoms with Gasteiger partial charge >= 0.3 is 18.4 Å². The molecule has 3 N–H and O–H groups in total. The van der Waals surface area contributed by atoms with Crippen LogP contribution < -0.4 is 20.1 Å². The first-order valence-corrected chi connectivity index (χ1v) is 11.2. The Morgan fingerprint density at radius 1 is 1.14 bits per heavy atom. The molecule has 3 atom stereocenters. The number of alkyl halides is 6. The number of hydrogen-bond donors (Lipinski definition) is 2. The molecule has 2 aromatic rings. The number of nitrogens with one attached hydrogen (secondary N) is 1. The zero-order chi connectivity index (χ0) is 27.1. The van der Waals surface area contributed by atoms with Gasteiger partial charge in [-0.2, -0.15) is 26.3 Å². The van der Waals surface area contributed by atoms with E-state index in [1.807, 2.05) is 0 Å². The molecule has 1 aliphatic rings. The average molecular weight is 543 g/mol. The minimum Gasteiger partial charge on any atom is -0.484 e. The second-order valence-electron chi connectivity index (χ2n) is 8.19. The molecule has 3 unspecified atom stereocenters. The molecule has 0 spiro atoms. The monoisotopic (exact) mass is 543 g/mol. The fourth-order valence-corrected chi connectivity index (χ4v) is 4.24. The van der Waals surface area contributed by atoms with E-state index >= 15 is 0 Å². The van der Waals surface area contributed by atoms with E-state index in [-0.39, 0.29) is 22.0 Å². The third kappa shape index (κ3) is 6.00. The van der Waals surface area contributed by atoms with Gasteiger partial charge < -0.3 is 15.2 Å². The van der Waals surface area contributed by atoms with Gasteiger partial charge in [-0.1, -0.05) is 0 Å². The van der Waals surface area contributed by atoms with Crippen LogP contribution in [0.1, 0.15) is 13.8 Å². The van der Waals surface area contributed by atoms with Crippen molar-refractivity contribution >= 4 is 28.5 Å². The molecule has 198 valence electrons. The molecular formula is C21H20F7N3O4S. The first-order chi connectivity index (χ1) is 16.5. The Bertz CT molecular complexity index is 1140. The summed E-state index contributed by atoms with van der Waals surface area (Å²) in [4.78, 5) is 12.1. The van der Waals surface area contributed by atoms with E-state index in [0.29, 0.717) is 13.8 Å². The van der Waals surface area contributed by atoms with Crippen LogP contribution in [0.4, 0.5) is 46.9 Å². The van der Waals surface area contributed by atoms with Crippen molar-refractivity contribution in [3.8, 4) is 5.75 Å². The maximum Gasteiger partial charge on any atom is 0.427 e. The lowest BCUT2D eigenvalue weighted by molar-refractivity contribution is -0.242. The summed E-state index contributed by atoms with van der Waals surface area (Å²) >= 11 is 0. The number of rotatable bonds is 5. The lowest BCUT2D eigenvalue weighted by Gasteiger charge is -2.38. The number of halogens is 7. The molecule has 0 radical (unpaired) electrons. The van der Waals surface area contributed by atoms with Crippen LogP contribution >= 0.6 is 0 Å². The molecule has 1 heterocycles. The van der Waals surface area contributed by atoms with Gasteiger partial charge in [-0.15, -0.1) is 0 Å². The van der Waals surface area contributed by atoms with Crippen molar-refractivity contribution in [1.82, 2.24) is 0 Å². The molecule has 0 aliphatic carbocycles. The summed E-state index contributed by atoms with van der Waals surface area (Å²) in [7, 11) is -2.18. The number of carbonyl (C=O) groups is 1. The number of fused-ring (bicyclic) bond motifs is 1. The molecule has 36 heavy (non-hydrogen) atoms. The number of benzene rings is 2. The van der Waals surface area contributed by atoms with Crippen molar-refractivity contribution in [3.05, 3.63) is 48.3 Å². The highest BCUT2D eigenvalue weighted by Gasteiger charge is 2.51. The highest BCUT2D eigenvalue weighted by atomic mass is 32.2. The maximum absolute atomic E-state index is 13.3. The molecule has 2 aromatic carbocycles. The van der Waals surface area contributed by atoms with Crippen LogP contribution in [-0.4, -0.2) is 46.9 Å². The fourth-order valence-electron chi connectivity index (χ4n) is 3.02. The molecule has 0 saturated heterocycles. The molecule has 1 aliphatic heterocycles. The highest BCUT2D eigenvalue weighted by Crippen LogP contribution is 2.40. The number of nitrogens with zero attached hydrogens (tertiary/aromatic N) is 1. The first kappa shape index (κ1) is 27.5. The Morgan fingerprint density at radius 2 is 1.75 bits per heavy atom. The predicted octanol–water partition coefficient (Wildman–Crippen LogP) is 4.89. The second-order valence-corrected chi connectivity index (χ2v) is 9.60. The van der Waals surface area contributed by atoms with Gasteiger partial charge in [-0.25, -0.2) is 13.4 Å². The smallest absolute Gasteiger partial charge is 0.427 e. The SMILES string of the molecule is CC(C)(OC(=O)Nc1ccc2c(c1)N(S(=O)c1ccc(F)cc1)CC(C(N)C(F)(F)F)O2)C(F)(F)F. The molecule has 0 aromatic heterocycles. The van der Waals surface area contributed by atoms with Crippen LogP contribution in [0.5, 0.6) is 5.75 Å². The third-order valence-corrected chi connectivity index (χ3v) is 6.54. The minimum absolute atomic E-state index is 0.0354. The van der Waals surface area contributed by atoms with E-state index < -0.39 is 59.5 Å². The molecular weight excluding hydrogens is 523 g/mol. The van der Waals surface area contributed by atoms with Crippen molar-refractivity contribution < 1.29 is 49.2 Å². The number of ether oxygens (including phenoxy) is 2. The Morgan fingerprint density at radius 3 is 2.31 bits per heavy atom. The summed E-state index contributed by atoms with van der Waals surface area (Å²) in [6.45, 7) is 0.669. The summed E-state index contributed by atoms with van der Waals surface area (Å²) < 4.78 is 116. The van der Waals surface area contributed by atoms with Gasteiger partial charge in [0.2, 0.25) is 5.60 Å². The van der Waals surface area contributed by atoms with E-state index in [2.05, 4.69) is 10.1 Å². The quantitative estimate of drug-likeness (QED) is 0.524. The zero-order valence-corrected chi connectivity index (χ0v) is 19.4. The number of amides is 1. The molecule has 3 rings (SSSR count).